The van der Waals surface area contributed by atoms with Gasteiger partial charge in [0, 0.05) is 20.1 Å². The third-order valence-corrected chi connectivity index (χ3v) is 3.90. The summed E-state index contributed by atoms with van der Waals surface area (Å²) in [6.07, 6.45) is 2.56. The summed E-state index contributed by atoms with van der Waals surface area (Å²) >= 11 is 0. The Morgan fingerprint density at radius 2 is 2.10 bits per heavy atom. The highest BCUT2D eigenvalue weighted by Crippen LogP contribution is 2.30. The van der Waals surface area contributed by atoms with Gasteiger partial charge >= 0.3 is 6.03 Å². The fourth-order valence-corrected chi connectivity index (χ4v) is 2.26. The van der Waals surface area contributed by atoms with Gasteiger partial charge in [0.05, 0.1) is 17.0 Å². The van der Waals surface area contributed by atoms with E-state index in [9.17, 15) is 9.90 Å². The van der Waals surface area contributed by atoms with Gasteiger partial charge in [-0.05, 0) is 38.3 Å². The summed E-state index contributed by atoms with van der Waals surface area (Å²) in [5.74, 6) is 0. The molecule has 5 nitrogen and oxygen atoms in total. The first-order chi connectivity index (χ1) is 9.54. The van der Waals surface area contributed by atoms with Gasteiger partial charge in [-0.25, -0.2) is 4.79 Å². The van der Waals surface area contributed by atoms with Gasteiger partial charge in [0.1, 0.15) is 0 Å². The molecule has 0 atom stereocenters. The number of anilines is 2. The SMILES string of the molecule is CCN(C)c1ccccc1NC(=O)NCC1(O)CCC1. The van der Waals surface area contributed by atoms with Crippen LogP contribution in [-0.2, 0) is 0 Å². The lowest BCUT2D eigenvalue weighted by atomic mass is 9.80. The van der Waals surface area contributed by atoms with Crippen molar-refractivity contribution in [2.45, 2.75) is 31.8 Å². The first kappa shape index (κ1) is 14.7. The molecule has 110 valence electrons. The van der Waals surface area contributed by atoms with Crippen LogP contribution in [-0.4, -0.2) is 36.9 Å². The van der Waals surface area contributed by atoms with Gasteiger partial charge in [-0.1, -0.05) is 12.1 Å². The topological polar surface area (TPSA) is 64.6 Å². The number of nitrogens with zero attached hydrogens (tertiary/aromatic N) is 1. The average molecular weight is 277 g/mol. The van der Waals surface area contributed by atoms with Crippen LogP contribution in [0.3, 0.4) is 0 Å². The number of hydrogen-bond acceptors (Lipinski definition) is 3. The fourth-order valence-electron chi connectivity index (χ4n) is 2.26. The molecule has 0 spiro atoms. The molecular weight excluding hydrogens is 254 g/mol. The number of benzene rings is 1. The van der Waals surface area contributed by atoms with Crippen LogP contribution in [0.25, 0.3) is 0 Å². The third-order valence-electron chi connectivity index (χ3n) is 3.90. The zero-order chi connectivity index (χ0) is 14.6. The van der Waals surface area contributed by atoms with E-state index in [4.69, 9.17) is 0 Å². The van der Waals surface area contributed by atoms with Crippen LogP contribution < -0.4 is 15.5 Å². The Morgan fingerprint density at radius 1 is 1.40 bits per heavy atom. The predicted octanol–water partition coefficient (Wildman–Crippen LogP) is 2.18. The van der Waals surface area contributed by atoms with Crippen molar-refractivity contribution in [1.82, 2.24) is 5.32 Å². The maximum absolute atomic E-state index is 11.9. The minimum Gasteiger partial charge on any atom is -0.388 e. The minimum absolute atomic E-state index is 0.276. The second-order valence-electron chi connectivity index (χ2n) is 5.42. The average Bonchev–Trinajstić information content (AvgIpc) is 2.43. The first-order valence-electron chi connectivity index (χ1n) is 7.11. The molecular formula is C15H23N3O2. The summed E-state index contributed by atoms with van der Waals surface area (Å²) in [6.45, 7) is 3.23. The maximum atomic E-state index is 11.9. The molecule has 0 radical (unpaired) electrons. The van der Waals surface area contributed by atoms with Gasteiger partial charge in [0.25, 0.3) is 0 Å². The van der Waals surface area contributed by atoms with Crippen LogP contribution in [0.4, 0.5) is 16.2 Å². The summed E-state index contributed by atoms with van der Waals surface area (Å²) < 4.78 is 0. The molecule has 0 aromatic heterocycles. The van der Waals surface area contributed by atoms with Crippen molar-refractivity contribution in [2.75, 3.05) is 30.4 Å². The maximum Gasteiger partial charge on any atom is 0.319 e. The molecule has 3 N–H and O–H groups in total. The van der Waals surface area contributed by atoms with Gasteiger partial charge in [-0.2, -0.15) is 0 Å². The molecule has 2 amide bonds. The Morgan fingerprint density at radius 3 is 2.70 bits per heavy atom. The number of nitrogens with one attached hydrogen (secondary N) is 2. The standard InChI is InChI=1S/C15H23N3O2/c1-3-18(2)13-8-5-4-7-12(13)17-14(19)16-11-15(20)9-6-10-15/h4-5,7-8,20H,3,6,9-11H2,1-2H3,(H2,16,17,19). The Kier molecular flexibility index (Phi) is 4.49. The van der Waals surface area contributed by atoms with E-state index in [1.807, 2.05) is 31.3 Å². The molecule has 1 aromatic carbocycles. The van der Waals surface area contributed by atoms with Crippen molar-refractivity contribution >= 4 is 17.4 Å². The summed E-state index contributed by atoms with van der Waals surface area (Å²) in [6, 6.07) is 7.41. The molecule has 2 rings (SSSR count). The van der Waals surface area contributed by atoms with Gasteiger partial charge in [0.2, 0.25) is 0 Å². The van der Waals surface area contributed by atoms with Crippen molar-refractivity contribution in [2.24, 2.45) is 0 Å². The number of aliphatic hydroxyl groups is 1. The summed E-state index contributed by atoms with van der Waals surface area (Å²) in [4.78, 5) is 14.0. The van der Waals surface area contributed by atoms with Crippen LogP contribution in [0.2, 0.25) is 0 Å². The monoisotopic (exact) mass is 277 g/mol. The number of urea groups is 1. The number of para-hydroxylation sites is 2. The third kappa shape index (κ3) is 3.42. The lowest BCUT2D eigenvalue weighted by Gasteiger charge is -2.36. The highest BCUT2D eigenvalue weighted by atomic mass is 16.3. The molecule has 5 heteroatoms. The minimum atomic E-state index is -0.697. The molecule has 0 bridgehead atoms. The van der Waals surface area contributed by atoms with E-state index in [0.29, 0.717) is 6.54 Å². The van der Waals surface area contributed by atoms with Crippen LogP contribution in [0.1, 0.15) is 26.2 Å². The molecule has 20 heavy (non-hydrogen) atoms. The molecule has 1 saturated carbocycles. The Labute approximate surface area is 120 Å². The second kappa shape index (κ2) is 6.13. The Balaban J connectivity index is 1.93. The van der Waals surface area contributed by atoms with Crippen molar-refractivity contribution < 1.29 is 9.90 Å². The molecule has 0 heterocycles. The van der Waals surface area contributed by atoms with Crippen molar-refractivity contribution in [1.29, 1.82) is 0 Å². The normalized spacial score (nSPS) is 16.1. The number of hydrogen-bond donors (Lipinski definition) is 3. The lowest BCUT2D eigenvalue weighted by molar-refractivity contribution is -0.0287. The predicted molar refractivity (Wildman–Crippen MR) is 81.2 cm³/mol. The van der Waals surface area contributed by atoms with E-state index in [0.717, 1.165) is 37.2 Å². The zero-order valence-corrected chi connectivity index (χ0v) is 12.1. The Hall–Kier alpha value is -1.75. The van der Waals surface area contributed by atoms with Crippen molar-refractivity contribution in [3.63, 3.8) is 0 Å². The molecule has 1 aromatic rings. The number of carbonyl (C=O) groups excluding carboxylic acids is 1. The second-order valence-corrected chi connectivity index (χ2v) is 5.42. The summed E-state index contributed by atoms with van der Waals surface area (Å²) in [5.41, 5.74) is 1.05. The zero-order valence-electron chi connectivity index (χ0n) is 12.1. The summed E-state index contributed by atoms with van der Waals surface area (Å²) in [7, 11) is 1.98. The molecule has 0 saturated heterocycles. The van der Waals surface area contributed by atoms with Gasteiger partial charge in [-0.3, -0.25) is 0 Å². The molecule has 1 aliphatic rings. The van der Waals surface area contributed by atoms with Crippen LogP contribution in [0, 0.1) is 0 Å². The van der Waals surface area contributed by atoms with Gasteiger partial charge < -0.3 is 20.6 Å². The highest BCUT2D eigenvalue weighted by Gasteiger charge is 2.34. The van der Waals surface area contributed by atoms with Crippen molar-refractivity contribution in [3.8, 4) is 0 Å². The van der Waals surface area contributed by atoms with E-state index in [2.05, 4.69) is 22.5 Å². The number of amides is 2. The van der Waals surface area contributed by atoms with Crippen molar-refractivity contribution in [3.05, 3.63) is 24.3 Å². The van der Waals surface area contributed by atoms with E-state index < -0.39 is 5.60 Å². The quantitative estimate of drug-likeness (QED) is 0.773. The number of carbonyl (C=O) groups is 1. The highest BCUT2D eigenvalue weighted by molar-refractivity contribution is 5.93. The van der Waals surface area contributed by atoms with Crippen LogP contribution in [0.5, 0.6) is 0 Å². The van der Waals surface area contributed by atoms with Gasteiger partial charge in [0.15, 0.2) is 0 Å². The Bertz CT molecular complexity index is 472. The molecule has 0 unspecified atom stereocenters. The van der Waals surface area contributed by atoms with Gasteiger partial charge in [-0.15, -0.1) is 0 Å². The van der Waals surface area contributed by atoms with Crippen LogP contribution >= 0.6 is 0 Å². The largest absolute Gasteiger partial charge is 0.388 e. The lowest BCUT2D eigenvalue weighted by Crippen LogP contribution is -2.48. The molecule has 1 aliphatic carbocycles. The van der Waals surface area contributed by atoms with E-state index >= 15 is 0 Å². The fraction of sp³-hybridized carbons (Fsp3) is 0.533. The van der Waals surface area contributed by atoms with E-state index in [1.54, 1.807) is 0 Å². The summed E-state index contributed by atoms with van der Waals surface area (Å²) in [5, 5.41) is 15.5. The number of rotatable bonds is 5. The molecule has 1 fully saturated rings. The van der Waals surface area contributed by atoms with Crippen LogP contribution in [0.15, 0.2) is 24.3 Å². The van der Waals surface area contributed by atoms with E-state index in [-0.39, 0.29) is 6.03 Å². The van der Waals surface area contributed by atoms with E-state index in [1.165, 1.54) is 0 Å². The smallest absolute Gasteiger partial charge is 0.319 e. The first-order valence-corrected chi connectivity index (χ1v) is 7.11. The molecule has 0 aliphatic heterocycles.